The number of aliphatic hydroxyl groups is 1. The summed E-state index contributed by atoms with van der Waals surface area (Å²) in [5, 5.41) is 15.7. The van der Waals surface area contributed by atoms with Gasteiger partial charge < -0.3 is 25.2 Å². The van der Waals surface area contributed by atoms with Crippen molar-refractivity contribution in [2.75, 3.05) is 25.1 Å². The molecule has 1 amide bonds. The van der Waals surface area contributed by atoms with Crippen LogP contribution in [0.3, 0.4) is 0 Å². The molecule has 0 spiro atoms. The summed E-state index contributed by atoms with van der Waals surface area (Å²) in [6, 6.07) is 6.82. The number of rotatable bonds is 9. The lowest BCUT2D eigenvalue weighted by Crippen LogP contribution is -2.42. The molecule has 10 heteroatoms. The average Bonchev–Trinajstić information content (AvgIpc) is 2.70. The molecule has 0 aliphatic carbocycles. The van der Waals surface area contributed by atoms with E-state index in [-0.39, 0.29) is 60.3 Å². The Morgan fingerprint density at radius 2 is 1.79 bits per heavy atom. The van der Waals surface area contributed by atoms with E-state index in [1.54, 1.807) is 6.92 Å². The largest absolute Gasteiger partial charge is 0.490 e. The highest BCUT2D eigenvalue weighted by atomic mass is 35.5. The van der Waals surface area contributed by atoms with Gasteiger partial charge in [0.2, 0.25) is 0 Å². The number of ether oxygens (including phenoxy) is 2. The number of halogens is 3. The lowest BCUT2D eigenvalue weighted by atomic mass is 10.1. The van der Waals surface area contributed by atoms with Gasteiger partial charge >= 0.3 is 5.97 Å². The summed E-state index contributed by atoms with van der Waals surface area (Å²) in [7, 11) is 0. The van der Waals surface area contributed by atoms with E-state index >= 15 is 0 Å². The number of esters is 1. The van der Waals surface area contributed by atoms with Crippen LogP contribution in [0.15, 0.2) is 36.4 Å². The fraction of sp³-hybridized carbons (Fsp3) is 0.391. The quantitative estimate of drug-likeness (QED) is 0.464. The monoisotopic (exact) mass is 486 g/mol. The Morgan fingerprint density at radius 1 is 1.09 bits per heavy atom. The molecule has 0 aromatic heterocycles. The zero-order valence-corrected chi connectivity index (χ0v) is 19.7. The van der Waals surface area contributed by atoms with Gasteiger partial charge in [-0.15, -0.1) is 12.4 Å². The van der Waals surface area contributed by atoms with Gasteiger partial charge in [0.15, 0.2) is 0 Å². The van der Waals surface area contributed by atoms with Crippen molar-refractivity contribution in [3.05, 3.63) is 59.2 Å². The molecule has 2 aromatic rings. The summed E-state index contributed by atoms with van der Waals surface area (Å²) in [6.45, 7) is 7.85. The van der Waals surface area contributed by atoms with Crippen LogP contribution in [0.2, 0.25) is 0 Å². The number of hydrogen-bond acceptors (Lipinski definition) is 6. The van der Waals surface area contributed by atoms with Gasteiger partial charge in [0.1, 0.15) is 35.7 Å². The van der Waals surface area contributed by atoms with Crippen molar-refractivity contribution < 1.29 is 33.0 Å². The first-order valence-electron chi connectivity index (χ1n) is 10.1. The molecule has 0 saturated carbocycles. The van der Waals surface area contributed by atoms with Crippen LogP contribution >= 0.6 is 12.4 Å². The minimum absolute atomic E-state index is 0. The van der Waals surface area contributed by atoms with E-state index in [1.807, 2.05) is 20.8 Å². The molecular formula is C23H29ClF2N2O5. The van der Waals surface area contributed by atoms with Crippen molar-refractivity contribution in [3.63, 3.8) is 0 Å². The van der Waals surface area contributed by atoms with Crippen molar-refractivity contribution in [2.24, 2.45) is 0 Å². The number of amides is 1. The molecule has 0 radical (unpaired) electrons. The molecule has 0 bridgehead atoms. The second-order valence-corrected chi connectivity index (χ2v) is 8.11. The first kappa shape index (κ1) is 28.3. The highest BCUT2D eigenvalue weighted by molar-refractivity contribution is 6.05. The lowest BCUT2D eigenvalue weighted by molar-refractivity contribution is 0.0515. The first-order valence-corrected chi connectivity index (χ1v) is 10.1. The summed E-state index contributed by atoms with van der Waals surface area (Å²) >= 11 is 0. The molecule has 33 heavy (non-hydrogen) atoms. The Balaban J connectivity index is 0.00000544. The number of hydrogen-bond donors (Lipinski definition) is 3. The van der Waals surface area contributed by atoms with E-state index < -0.39 is 29.6 Å². The van der Waals surface area contributed by atoms with Gasteiger partial charge in [-0.1, -0.05) is 0 Å². The molecule has 0 aliphatic rings. The number of β-amino-alcohol motifs (C(OH)–C–C–N with tert-alkyl or cyclic N) is 1. The zero-order valence-electron chi connectivity index (χ0n) is 18.9. The van der Waals surface area contributed by atoms with Crippen LogP contribution in [0.25, 0.3) is 0 Å². The van der Waals surface area contributed by atoms with Gasteiger partial charge in [-0.2, -0.15) is 0 Å². The third kappa shape index (κ3) is 8.95. The number of carbonyl (C=O) groups is 2. The van der Waals surface area contributed by atoms with E-state index in [1.165, 1.54) is 18.2 Å². The van der Waals surface area contributed by atoms with Crippen LogP contribution in [0.1, 0.15) is 48.4 Å². The predicted molar refractivity (Wildman–Crippen MR) is 123 cm³/mol. The smallest absolute Gasteiger partial charge is 0.341 e. The molecule has 2 rings (SSSR count). The minimum atomic E-state index is -1.01. The third-order valence-electron chi connectivity index (χ3n) is 4.21. The van der Waals surface area contributed by atoms with Gasteiger partial charge in [-0.25, -0.2) is 13.6 Å². The van der Waals surface area contributed by atoms with Crippen LogP contribution < -0.4 is 15.4 Å². The summed E-state index contributed by atoms with van der Waals surface area (Å²) in [5.74, 6) is -3.15. The normalized spacial score (nSPS) is 11.8. The molecule has 1 unspecified atom stereocenters. The fourth-order valence-corrected chi connectivity index (χ4v) is 2.64. The van der Waals surface area contributed by atoms with Gasteiger partial charge in [-0.3, -0.25) is 4.79 Å². The van der Waals surface area contributed by atoms with Crippen molar-refractivity contribution in [3.8, 4) is 5.75 Å². The molecule has 0 fully saturated rings. The average molecular weight is 487 g/mol. The van der Waals surface area contributed by atoms with Gasteiger partial charge in [0.25, 0.3) is 5.91 Å². The fourth-order valence-electron chi connectivity index (χ4n) is 2.64. The van der Waals surface area contributed by atoms with E-state index in [9.17, 15) is 23.5 Å². The maximum atomic E-state index is 13.9. The Hall–Kier alpha value is -2.75. The maximum Gasteiger partial charge on any atom is 0.341 e. The summed E-state index contributed by atoms with van der Waals surface area (Å²) < 4.78 is 37.6. The van der Waals surface area contributed by atoms with E-state index in [0.717, 1.165) is 12.1 Å². The second-order valence-electron chi connectivity index (χ2n) is 8.11. The molecule has 7 nitrogen and oxygen atoms in total. The molecule has 0 aliphatic heterocycles. The third-order valence-corrected chi connectivity index (χ3v) is 4.21. The number of nitrogens with one attached hydrogen (secondary N) is 2. The topological polar surface area (TPSA) is 96.9 Å². The molecule has 0 saturated heterocycles. The number of anilines is 1. The number of carbonyl (C=O) groups excluding carboxylic acids is 2. The highest BCUT2D eigenvalue weighted by Gasteiger charge is 2.19. The number of benzene rings is 2. The standard InChI is InChI=1S/C23H28F2N2O5.ClH/c1-5-31-22(30)18-11-15(27-21(29)17-8-6-14(24)10-19(17)25)7-9-20(18)32-13-16(28)12-26-23(2,3)4;/h6-11,16,26,28H,5,12-13H2,1-4H3,(H,27,29);1H. The molecule has 1 atom stereocenters. The van der Waals surface area contributed by atoms with E-state index in [2.05, 4.69) is 10.6 Å². The van der Waals surface area contributed by atoms with E-state index in [4.69, 9.17) is 9.47 Å². The van der Waals surface area contributed by atoms with Crippen molar-refractivity contribution in [1.82, 2.24) is 5.32 Å². The molecule has 2 aromatic carbocycles. The van der Waals surface area contributed by atoms with Crippen molar-refractivity contribution >= 4 is 30.0 Å². The lowest BCUT2D eigenvalue weighted by Gasteiger charge is -2.23. The highest BCUT2D eigenvalue weighted by Crippen LogP contribution is 2.25. The maximum absolute atomic E-state index is 13.9. The van der Waals surface area contributed by atoms with Crippen LogP contribution in [-0.4, -0.2) is 48.4 Å². The minimum Gasteiger partial charge on any atom is -0.490 e. The Bertz CT molecular complexity index is 966. The van der Waals surface area contributed by atoms with Crippen LogP contribution in [0.5, 0.6) is 5.75 Å². The molecular weight excluding hydrogens is 458 g/mol. The number of aliphatic hydroxyl groups excluding tert-OH is 1. The van der Waals surface area contributed by atoms with Crippen LogP contribution in [-0.2, 0) is 4.74 Å². The predicted octanol–water partition coefficient (Wildman–Crippen LogP) is 3.94. The summed E-state index contributed by atoms with van der Waals surface area (Å²) in [5.41, 5.74) is -0.316. The van der Waals surface area contributed by atoms with Crippen LogP contribution in [0.4, 0.5) is 14.5 Å². The summed E-state index contributed by atoms with van der Waals surface area (Å²) in [4.78, 5) is 24.7. The molecule has 182 valence electrons. The SMILES string of the molecule is CCOC(=O)c1cc(NC(=O)c2ccc(F)cc2F)ccc1OCC(O)CNC(C)(C)C.Cl. The Morgan fingerprint density at radius 3 is 2.39 bits per heavy atom. The molecule has 0 heterocycles. The van der Waals surface area contributed by atoms with Gasteiger partial charge in [-0.05, 0) is 58.0 Å². The Labute approximate surface area is 197 Å². The van der Waals surface area contributed by atoms with E-state index in [0.29, 0.717) is 6.07 Å². The van der Waals surface area contributed by atoms with Gasteiger partial charge in [0.05, 0.1) is 12.2 Å². The van der Waals surface area contributed by atoms with Crippen LogP contribution in [0, 0.1) is 11.6 Å². The first-order chi connectivity index (χ1) is 15.0. The molecule has 3 N–H and O–H groups in total. The van der Waals surface area contributed by atoms with Crippen molar-refractivity contribution in [2.45, 2.75) is 39.3 Å². The zero-order chi connectivity index (χ0) is 23.9. The van der Waals surface area contributed by atoms with Gasteiger partial charge in [0, 0.05) is 23.8 Å². The second kappa shape index (κ2) is 12.5. The Kier molecular flexibility index (Phi) is 10.7. The van der Waals surface area contributed by atoms with Crippen molar-refractivity contribution in [1.29, 1.82) is 0 Å². The summed E-state index contributed by atoms with van der Waals surface area (Å²) in [6.07, 6.45) is -0.829.